The average Bonchev–Trinajstić information content (AvgIpc) is 3.36. The molecule has 3 nitrogen and oxygen atoms in total. The maximum absolute atomic E-state index is 6.50. The van der Waals surface area contributed by atoms with Gasteiger partial charge in [-0.15, -0.1) is 0 Å². The Labute approximate surface area is 126 Å². The Morgan fingerprint density at radius 1 is 1.14 bits per heavy atom. The van der Waals surface area contributed by atoms with Gasteiger partial charge in [0, 0.05) is 17.5 Å². The van der Waals surface area contributed by atoms with Crippen molar-refractivity contribution in [3.05, 3.63) is 35.7 Å². The standard InChI is InChI=1S/C18H23N3/c1-11(2)18-20-16(17(19)21(18)13-9-10-13)15-6-4-3-5-14(15)12-7-8-12/h3-6,11-13H,7-10,19H2,1-2H3. The lowest BCUT2D eigenvalue weighted by atomic mass is 10.0. The van der Waals surface area contributed by atoms with E-state index in [2.05, 4.69) is 42.7 Å². The second kappa shape index (κ2) is 4.62. The van der Waals surface area contributed by atoms with Crippen LogP contribution < -0.4 is 5.73 Å². The fraction of sp³-hybridized carbons (Fsp3) is 0.500. The summed E-state index contributed by atoms with van der Waals surface area (Å²) in [5.74, 6) is 3.15. The van der Waals surface area contributed by atoms with Gasteiger partial charge in [-0.1, -0.05) is 38.1 Å². The third-order valence-corrected chi connectivity index (χ3v) is 4.64. The second-order valence-electron chi connectivity index (χ2n) is 6.82. The van der Waals surface area contributed by atoms with Crippen molar-refractivity contribution < 1.29 is 0 Å². The lowest BCUT2D eigenvalue weighted by molar-refractivity contribution is 0.646. The maximum Gasteiger partial charge on any atom is 0.132 e. The summed E-state index contributed by atoms with van der Waals surface area (Å²) >= 11 is 0. The van der Waals surface area contributed by atoms with Gasteiger partial charge in [0.25, 0.3) is 0 Å². The fourth-order valence-electron chi connectivity index (χ4n) is 3.25. The van der Waals surface area contributed by atoms with E-state index in [0.29, 0.717) is 17.9 Å². The highest BCUT2D eigenvalue weighted by atomic mass is 15.2. The highest BCUT2D eigenvalue weighted by Crippen LogP contribution is 2.47. The summed E-state index contributed by atoms with van der Waals surface area (Å²) in [6, 6.07) is 9.25. The van der Waals surface area contributed by atoms with Gasteiger partial charge in [0.2, 0.25) is 0 Å². The predicted octanol–water partition coefficient (Wildman–Crippen LogP) is 4.47. The van der Waals surface area contributed by atoms with Gasteiger partial charge < -0.3 is 10.3 Å². The van der Waals surface area contributed by atoms with E-state index < -0.39 is 0 Å². The van der Waals surface area contributed by atoms with E-state index in [9.17, 15) is 0 Å². The minimum Gasteiger partial charge on any atom is -0.383 e. The average molecular weight is 281 g/mol. The fourth-order valence-corrected chi connectivity index (χ4v) is 3.25. The molecule has 0 amide bonds. The van der Waals surface area contributed by atoms with Gasteiger partial charge in [-0.3, -0.25) is 0 Å². The van der Waals surface area contributed by atoms with Crippen LogP contribution in [0.3, 0.4) is 0 Å². The molecule has 4 rings (SSSR count). The molecule has 1 aromatic carbocycles. The summed E-state index contributed by atoms with van der Waals surface area (Å²) in [5, 5.41) is 0. The van der Waals surface area contributed by atoms with Crippen molar-refractivity contribution >= 4 is 5.82 Å². The van der Waals surface area contributed by atoms with Gasteiger partial charge in [-0.2, -0.15) is 0 Å². The number of hydrogen-bond donors (Lipinski definition) is 1. The number of nitrogens with two attached hydrogens (primary N) is 1. The van der Waals surface area contributed by atoms with Crippen LogP contribution >= 0.6 is 0 Å². The molecule has 0 unspecified atom stereocenters. The Morgan fingerprint density at radius 2 is 1.86 bits per heavy atom. The summed E-state index contributed by atoms with van der Waals surface area (Å²) in [6.45, 7) is 4.41. The zero-order valence-corrected chi connectivity index (χ0v) is 12.8. The van der Waals surface area contributed by atoms with Gasteiger partial charge in [-0.05, 0) is 37.2 Å². The lowest BCUT2D eigenvalue weighted by Crippen LogP contribution is -2.06. The number of nitrogen functional groups attached to an aromatic ring is 1. The number of aromatic nitrogens is 2. The minimum absolute atomic E-state index is 0.412. The minimum atomic E-state index is 0.412. The molecule has 2 N–H and O–H groups in total. The molecule has 1 aromatic heterocycles. The van der Waals surface area contributed by atoms with Crippen LogP contribution in [-0.4, -0.2) is 9.55 Å². The normalized spacial score (nSPS) is 18.4. The number of nitrogens with zero attached hydrogens (tertiary/aromatic N) is 2. The van der Waals surface area contributed by atoms with E-state index in [1.807, 2.05) is 0 Å². The van der Waals surface area contributed by atoms with Crippen LogP contribution in [0, 0.1) is 0 Å². The lowest BCUT2D eigenvalue weighted by Gasteiger charge is -2.10. The third kappa shape index (κ3) is 2.15. The van der Waals surface area contributed by atoms with E-state index in [-0.39, 0.29) is 0 Å². The quantitative estimate of drug-likeness (QED) is 0.898. The largest absolute Gasteiger partial charge is 0.383 e. The molecule has 1 heterocycles. The van der Waals surface area contributed by atoms with Crippen LogP contribution in [0.5, 0.6) is 0 Å². The highest BCUT2D eigenvalue weighted by Gasteiger charge is 2.33. The molecule has 0 atom stereocenters. The summed E-state index contributed by atoms with van der Waals surface area (Å²) in [5.41, 5.74) is 10.2. The van der Waals surface area contributed by atoms with E-state index >= 15 is 0 Å². The molecule has 0 aliphatic heterocycles. The zero-order chi connectivity index (χ0) is 14.6. The van der Waals surface area contributed by atoms with Crippen molar-refractivity contribution in [2.24, 2.45) is 0 Å². The van der Waals surface area contributed by atoms with E-state index in [1.165, 1.54) is 36.8 Å². The zero-order valence-electron chi connectivity index (χ0n) is 12.8. The molecule has 0 spiro atoms. The summed E-state index contributed by atoms with van der Waals surface area (Å²) < 4.78 is 2.30. The molecule has 3 heteroatoms. The molecule has 110 valence electrons. The summed E-state index contributed by atoms with van der Waals surface area (Å²) in [7, 11) is 0. The number of hydrogen-bond acceptors (Lipinski definition) is 2. The van der Waals surface area contributed by atoms with Crippen molar-refractivity contribution in [1.29, 1.82) is 0 Å². The van der Waals surface area contributed by atoms with Crippen LogP contribution in [0.4, 0.5) is 5.82 Å². The molecule has 0 radical (unpaired) electrons. The van der Waals surface area contributed by atoms with Crippen molar-refractivity contribution in [1.82, 2.24) is 9.55 Å². The summed E-state index contributed by atoms with van der Waals surface area (Å²) in [6.07, 6.45) is 5.09. The Bertz CT molecular complexity index is 676. The molecule has 21 heavy (non-hydrogen) atoms. The number of rotatable bonds is 4. The van der Waals surface area contributed by atoms with Crippen molar-refractivity contribution in [3.63, 3.8) is 0 Å². The Hall–Kier alpha value is -1.77. The second-order valence-corrected chi connectivity index (χ2v) is 6.82. The number of benzene rings is 1. The van der Waals surface area contributed by atoms with Gasteiger partial charge in [0.05, 0.1) is 0 Å². The Kier molecular flexibility index (Phi) is 2.84. The van der Waals surface area contributed by atoms with Gasteiger partial charge in [0.15, 0.2) is 0 Å². The molecule has 0 bridgehead atoms. The van der Waals surface area contributed by atoms with Gasteiger partial charge in [0.1, 0.15) is 17.3 Å². The topological polar surface area (TPSA) is 43.8 Å². The van der Waals surface area contributed by atoms with Crippen LogP contribution in [-0.2, 0) is 0 Å². The smallest absolute Gasteiger partial charge is 0.132 e. The van der Waals surface area contributed by atoms with Crippen molar-refractivity contribution in [2.75, 3.05) is 5.73 Å². The Morgan fingerprint density at radius 3 is 2.48 bits per heavy atom. The first-order chi connectivity index (χ1) is 10.2. The van der Waals surface area contributed by atoms with E-state index in [1.54, 1.807) is 0 Å². The van der Waals surface area contributed by atoms with Crippen LogP contribution in [0.25, 0.3) is 11.3 Å². The maximum atomic E-state index is 6.50. The van der Waals surface area contributed by atoms with E-state index in [0.717, 1.165) is 17.3 Å². The molecular weight excluding hydrogens is 258 g/mol. The summed E-state index contributed by atoms with van der Waals surface area (Å²) in [4.78, 5) is 4.95. The Balaban J connectivity index is 1.87. The first-order valence-corrected chi connectivity index (χ1v) is 8.13. The van der Waals surface area contributed by atoms with E-state index in [4.69, 9.17) is 10.7 Å². The first-order valence-electron chi connectivity index (χ1n) is 8.13. The third-order valence-electron chi connectivity index (χ3n) is 4.64. The molecule has 2 fully saturated rings. The monoisotopic (exact) mass is 281 g/mol. The van der Waals surface area contributed by atoms with Gasteiger partial charge in [-0.25, -0.2) is 4.98 Å². The molecule has 2 aliphatic carbocycles. The number of imidazole rings is 1. The molecule has 2 aromatic rings. The molecule has 0 saturated heterocycles. The van der Waals surface area contributed by atoms with Gasteiger partial charge >= 0.3 is 0 Å². The van der Waals surface area contributed by atoms with Crippen LogP contribution in [0.1, 0.15) is 68.8 Å². The predicted molar refractivity (Wildman–Crippen MR) is 86.4 cm³/mol. The van der Waals surface area contributed by atoms with Crippen LogP contribution in [0.15, 0.2) is 24.3 Å². The van der Waals surface area contributed by atoms with Crippen molar-refractivity contribution in [2.45, 2.75) is 57.4 Å². The SMILES string of the molecule is CC(C)c1nc(-c2ccccc2C2CC2)c(N)n1C1CC1. The van der Waals surface area contributed by atoms with Crippen LogP contribution in [0.2, 0.25) is 0 Å². The number of anilines is 1. The molecule has 2 aliphatic rings. The molecule has 2 saturated carbocycles. The highest BCUT2D eigenvalue weighted by molar-refractivity contribution is 5.75. The van der Waals surface area contributed by atoms with Crippen molar-refractivity contribution in [3.8, 4) is 11.3 Å². The molecular formula is C18H23N3. The first kappa shape index (κ1) is 12.9.